The molecule has 1 saturated heterocycles. The number of carbonyl (C=O) groups is 2. The minimum atomic E-state index is -5.08. The highest BCUT2D eigenvalue weighted by molar-refractivity contribution is 5.95. The lowest BCUT2D eigenvalue weighted by atomic mass is 10.1. The fourth-order valence-electron chi connectivity index (χ4n) is 4.89. The molecule has 232 valence electrons. The van der Waals surface area contributed by atoms with Gasteiger partial charge in [-0.1, -0.05) is 0 Å². The van der Waals surface area contributed by atoms with Crippen molar-refractivity contribution in [2.45, 2.75) is 25.4 Å². The van der Waals surface area contributed by atoms with E-state index in [1.807, 2.05) is 13.2 Å². The van der Waals surface area contributed by atoms with E-state index in [4.69, 9.17) is 19.6 Å². The van der Waals surface area contributed by atoms with Gasteiger partial charge < -0.3 is 30.3 Å². The van der Waals surface area contributed by atoms with Crippen molar-refractivity contribution in [3.8, 4) is 11.4 Å². The zero-order chi connectivity index (χ0) is 31.1. The number of hydrogen-bond donors (Lipinski definition) is 3. The molecule has 2 aromatic heterocycles. The molecule has 1 fully saturated rings. The molecule has 5 rings (SSSR count). The first-order valence-electron chi connectivity index (χ1n) is 13.8. The van der Waals surface area contributed by atoms with Crippen molar-refractivity contribution in [2.24, 2.45) is 7.05 Å². The zero-order valence-corrected chi connectivity index (χ0v) is 24.2. The van der Waals surface area contributed by atoms with E-state index < -0.39 is 12.1 Å². The second-order valence-corrected chi connectivity index (χ2v) is 10.2. The number of nitrogens with zero attached hydrogens (tertiary/aromatic N) is 6. The van der Waals surface area contributed by atoms with Crippen LogP contribution in [0.15, 0.2) is 30.5 Å². The molecule has 0 radical (unpaired) electrons. The number of aromatic nitrogens is 4. The third-order valence-electron chi connectivity index (χ3n) is 7.15. The van der Waals surface area contributed by atoms with Gasteiger partial charge in [0.15, 0.2) is 5.69 Å². The molecule has 0 spiro atoms. The van der Waals surface area contributed by atoms with Crippen molar-refractivity contribution >= 4 is 29.2 Å². The van der Waals surface area contributed by atoms with E-state index in [9.17, 15) is 18.0 Å². The summed E-state index contributed by atoms with van der Waals surface area (Å²) >= 11 is 0. The maximum absolute atomic E-state index is 12.8. The van der Waals surface area contributed by atoms with E-state index in [0.717, 1.165) is 73.6 Å². The van der Waals surface area contributed by atoms with Gasteiger partial charge in [0.25, 0.3) is 5.91 Å². The fourth-order valence-corrected chi connectivity index (χ4v) is 4.89. The standard InChI is InChI=1S/C26H34N8O2.C2HF3O2/c1-32-12-14-34(15-13-32)20-9-7-19(8-10-20)29-26-28-17-18-5-4-6-21-23(25(35)27-11-16-36-3)31-33(2)24(21)22(18)30-26;3-2(4,5)1(6)7/h7-10,17H,4-6,11-16H2,1-3H3,(H,27,35)(H,28,29,30);(H,6,7). The number of hydrogen-bond acceptors (Lipinski definition) is 9. The Morgan fingerprint density at radius 3 is 2.37 bits per heavy atom. The van der Waals surface area contributed by atoms with Crippen molar-refractivity contribution < 1.29 is 32.6 Å². The molecule has 15 heteroatoms. The summed E-state index contributed by atoms with van der Waals surface area (Å²) in [4.78, 5) is 35.9. The van der Waals surface area contributed by atoms with Gasteiger partial charge in [0.2, 0.25) is 5.95 Å². The Hall–Kier alpha value is -4.24. The molecule has 1 aliphatic heterocycles. The van der Waals surface area contributed by atoms with Gasteiger partial charge in [-0.25, -0.2) is 14.8 Å². The maximum atomic E-state index is 12.8. The number of aryl methyl sites for hydroxylation is 2. The number of methoxy groups -OCH3 is 1. The van der Waals surface area contributed by atoms with Crippen molar-refractivity contribution in [1.82, 2.24) is 30.0 Å². The second kappa shape index (κ2) is 13.8. The average molecular weight is 605 g/mol. The SMILES string of the molecule is COCCNC(=O)c1nn(C)c2c1CCCc1cnc(Nc3ccc(N4CCN(C)CC4)cc3)nc1-2.O=C(O)C(F)(F)F. The first-order chi connectivity index (χ1) is 20.5. The van der Waals surface area contributed by atoms with Crippen LogP contribution in [-0.4, -0.2) is 101 Å². The van der Waals surface area contributed by atoms with Gasteiger partial charge in [-0.2, -0.15) is 18.3 Å². The fraction of sp³-hybridized carbons (Fsp3) is 0.464. The van der Waals surface area contributed by atoms with Crippen LogP contribution < -0.4 is 15.5 Å². The van der Waals surface area contributed by atoms with Crippen molar-refractivity contribution in [3.63, 3.8) is 0 Å². The number of carbonyl (C=O) groups excluding carboxylic acids is 1. The lowest BCUT2D eigenvalue weighted by Gasteiger charge is -2.34. The Morgan fingerprint density at radius 1 is 1.07 bits per heavy atom. The summed E-state index contributed by atoms with van der Waals surface area (Å²) in [5.41, 5.74) is 6.35. The van der Waals surface area contributed by atoms with Gasteiger partial charge in [0.1, 0.15) is 0 Å². The molecular weight excluding hydrogens is 569 g/mol. The number of carboxylic acid groups (broad SMARTS) is 1. The number of amides is 1. The lowest BCUT2D eigenvalue weighted by Crippen LogP contribution is -2.44. The number of rotatable bonds is 7. The second-order valence-electron chi connectivity index (χ2n) is 10.2. The maximum Gasteiger partial charge on any atom is 0.490 e. The summed E-state index contributed by atoms with van der Waals surface area (Å²) in [6, 6.07) is 8.43. The molecule has 2 aliphatic rings. The zero-order valence-electron chi connectivity index (χ0n) is 24.2. The first-order valence-corrected chi connectivity index (χ1v) is 13.8. The topological polar surface area (TPSA) is 138 Å². The number of piperazine rings is 1. The Kier molecular flexibility index (Phi) is 10.2. The highest BCUT2D eigenvalue weighted by atomic mass is 19.4. The predicted octanol–water partition coefficient (Wildman–Crippen LogP) is 2.87. The molecule has 0 saturated carbocycles. The Labute approximate surface area is 246 Å². The normalized spacial score (nSPS) is 15.0. The summed E-state index contributed by atoms with van der Waals surface area (Å²) in [5, 5.41) is 17.9. The highest BCUT2D eigenvalue weighted by Crippen LogP contribution is 2.33. The number of fused-ring (bicyclic) bond motifs is 3. The Morgan fingerprint density at radius 2 is 1.74 bits per heavy atom. The monoisotopic (exact) mass is 604 g/mol. The summed E-state index contributed by atoms with van der Waals surface area (Å²) in [7, 11) is 5.65. The van der Waals surface area contributed by atoms with Crippen LogP contribution in [0.25, 0.3) is 11.4 Å². The number of carboxylic acids is 1. The smallest absolute Gasteiger partial charge is 0.475 e. The number of alkyl halides is 3. The minimum Gasteiger partial charge on any atom is -0.475 e. The van der Waals surface area contributed by atoms with Crippen molar-refractivity contribution in [3.05, 3.63) is 47.3 Å². The third-order valence-corrected chi connectivity index (χ3v) is 7.15. The van der Waals surface area contributed by atoms with Crippen LogP contribution in [0.3, 0.4) is 0 Å². The first kappa shape index (κ1) is 31.7. The van der Waals surface area contributed by atoms with E-state index in [-0.39, 0.29) is 5.91 Å². The molecule has 3 aromatic rings. The van der Waals surface area contributed by atoms with Gasteiger partial charge in [-0.05, 0) is 56.1 Å². The van der Waals surface area contributed by atoms with E-state index in [2.05, 4.69) is 61.8 Å². The van der Waals surface area contributed by atoms with E-state index in [1.54, 1.807) is 11.8 Å². The number of aliphatic carboxylic acids is 1. The molecule has 3 N–H and O–H groups in total. The largest absolute Gasteiger partial charge is 0.490 e. The molecule has 0 unspecified atom stereocenters. The summed E-state index contributed by atoms with van der Waals surface area (Å²) in [5.74, 6) is -2.41. The van der Waals surface area contributed by atoms with Crippen LogP contribution >= 0.6 is 0 Å². The number of ether oxygens (including phenoxy) is 1. The quantitative estimate of drug-likeness (QED) is 0.345. The van der Waals surface area contributed by atoms with Crippen LogP contribution in [0.2, 0.25) is 0 Å². The van der Waals surface area contributed by atoms with Crippen molar-refractivity contribution in [2.75, 3.05) is 63.7 Å². The molecule has 1 aliphatic carbocycles. The highest BCUT2D eigenvalue weighted by Gasteiger charge is 2.38. The van der Waals surface area contributed by atoms with E-state index in [0.29, 0.717) is 24.8 Å². The number of halogens is 3. The molecule has 0 bridgehead atoms. The lowest BCUT2D eigenvalue weighted by molar-refractivity contribution is -0.192. The number of likely N-dealkylation sites (N-methyl/N-ethyl adjacent to an activating group) is 1. The summed E-state index contributed by atoms with van der Waals surface area (Å²) in [6.07, 6.45) is -0.657. The van der Waals surface area contributed by atoms with Gasteiger partial charge in [0, 0.05) is 70.0 Å². The number of nitrogens with one attached hydrogen (secondary N) is 2. The Balaban J connectivity index is 0.000000541. The van der Waals surface area contributed by atoms with Crippen molar-refractivity contribution in [1.29, 1.82) is 0 Å². The van der Waals surface area contributed by atoms with Gasteiger partial charge >= 0.3 is 12.1 Å². The number of anilines is 3. The molecule has 43 heavy (non-hydrogen) atoms. The molecule has 1 aromatic carbocycles. The third kappa shape index (κ3) is 7.99. The average Bonchev–Trinajstić information content (AvgIpc) is 3.18. The molecule has 12 nitrogen and oxygen atoms in total. The summed E-state index contributed by atoms with van der Waals surface area (Å²) < 4.78 is 38.6. The van der Waals surface area contributed by atoms with E-state index in [1.165, 1.54) is 5.69 Å². The summed E-state index contributed by atoms with van der Waals surface area (Å²) in [6.45, 7) is 5.14. The van der Waals surface area contributed by atoms with Gasteiger partial charge in [0.05, 0.1) is 18.0 Å². The Bertz CT molecular complexity index is 1420. The molecular formula is C28H35F3N8O4. The molecule has 1 amide bonds. The van der Waals surface area contributed by atoms with Crippen LogP contribution in [0.1, 0.15) is 28.0 Å². The van der Waals surface area contributed by atoms with Gasteiger partial charge in [-0.3, -0.25) is 9.48 Å². The van der Waals surface area contributed by atoms with Crippen LogP contribution in [0, 0.1) is 0 Å². The van der Waals surface area contributed by atoms with Crippen LogP contribution in [-0.2, 0) is 29.4 Å². The van der Waals surface area contributed by atoms with E-state index >= 15 is 0 Å². The van der Waals surface area contributed by atoms with Crippen LogP contribution in [0.5, 0.6) is 0 Å². The van der Waals surface area contributed by atoms with Crippen LogP contribution in [0.4, 0.5) is 30.5 Å². The van der Waals surface area contributed by atoms with Gasteiger partial charge in [-0.15, -0.1) is 0 Å². The number of benzene rings is 1. The molecule has 0 atom stereocenters. The minimum absolute atomic E-state index is 0.180. The predicted molar refractivity (Wildman–Crippen MR) is 154 cm³/mol. The molecule has 3 heterocycles.